The Bertz CT molecular complexity index is 721. The highest BCUT2D eigenvalue weighted by molar-refractivity contribution is 9.10. The summed E-state index contributed by atoms with van der Waals surface area (Å²) in [6, 6.07) is 9.40. The van der Waals surface area contributed by atoms with Gasteiger partial charge >= 0.3 is 0 Å². The monoisotopic (exact) mass is 365 g/mol. The molecule has 1 amide bonds. The van der Waals surface area contributed by atoms with Crippen LogP contribution in [0.4, 0.5) is 10.1 Å². The van der Waals surface area contributed by atoms with Gasteiger partial charge in [-0.3, -0.25) is 4.79 Å². The lowest BCUT2D eigenvalue weighted by atomic mass is 10.2. The largest absolute Gasteiger partial charge is 0.490 e. The summed E-state index contributed by atoms with van der Waals surface area (Å²) in [5.74, 6) is 0.123. The first kappa shape index (κ1) is 14.8. The smallest absolute Gasteiger partial charge is 0.258 e. The SMILES string of the molecule is O=C(Nc1ccc2c(c1)OCCCO2)c1ccc(Br)cc1F. The maximum absolute atomic E-state index is 13.8. The number of ether oxygens (including phenoxy) is 2. The maximum atomic E-state index is 13.8. The van der Waals surface area contributed by atoms with Crippen molar-refractivity contribution in [1.82, 2.24) is 0 Å². The summed E-state index contributed by atoms with van der Waals surface area (Å²) < 4.78 is 25.5. The Morgan fingerprint density at radius 2 is 1.86 bits per heavy atom. The Labute approximate surface area is 135 Å². The number of carbonyl (C=O) groups excluding carboxylic acids is 1. The highest BCUT2D eigenvalue weighted by Crippen LogP contribution is 2.32. The van der Waals surface area contributed by atoms with Crippen molar-refractivity contribution in [3.8, 4) is 11.5 Å². The second-order valence-corrected chi connectivity index (χ2v) is 5.71. The van der Waals surface area contributed by atoms with Crippen molar-refractivity contribution >= 4 is 27.5 Å². The Morgan fingerprint density at radius 3 is 2.64 bits per heavy atom. The molecule has 1 heterocycles. The van der Waals surface area contributed by atoms with Crippen molar-refractivity contribution < 1.29 is 18.7 Å². The van der Waals surface area contributed by atoms with E-state index in [2.05, 4.69) is 21.2 Å². The molecule has 0 aliphatic carbocycles. The molecule has 114 valence electrons. The fourth-order valence-corrected chi connectivity index (χ4v) is 2.45. The first-order valence-corrected chi connectivity index (χ1v) is 7.59. The van der Waals surface area contributed by atoms with Crippen molar-refractivity contribution in [2.24, 2.45) is 0 Å². The Hall–Kier alpha value is -2.08. The van der Waals surface area contributed by atoms with Crippen molar-refractivity contribution in [3.05, 3.63) is 52.3 Å². The number of hydrogen-bond donors (Lipinski definition) is 1. The Balaban J connectivity index is 1.80. The first-order valence-electron chi connectivity index (χ1n) is 6.79. The quantitative estimate of drug-likeness (QED) is 0.874. The molecule has 0 unspecified atom stereocenters. The molecule has 1 aliphatic heterocycles. The van der Waals surface area contributed by atoms with E-state index in [0.717, 1.165) is 6.42 Å². The summed E-state index contributed by atoms with van der Waals surface area (Å²) in [4.78, 5) is 12.1. The summed E-state index contributed by atoms with van der Waals surface area (Å²) >= 11 is 3.16. The third-order valence-electron chi connectivity index (χ3n) is 3.18. The molecule has 1 aliphatic rings. The molecular formula is C16H13BrFNO3. The number of nitrogens with one attached hydrogen (secondary N) is 1. The second kappa shape index (κ2) is 6.36. The van der Waals surface area contributed by atoms with Crippen LogP contribution in [0.5, 0.6) is 11.5 Å². The average molecular weight is 366 g/mol. The summed E-state index contributed by atoms with van der Waals surface area (Å²) in [7, 11) is 0. The summed E-state index contributed by atoms with van der Waals surface area (Å²) in [6.07, 6.45) is 0.806. The molecule has 0 fully saturated rings. The lowest BCUT2D eigenvalue weighted by Crippen LogP contribution is -2.13. The van der Waals surface area contributed by atoms with Gasteiger partial charge in [0.05, 0.1) is 18.8 Å². The van der Waals surface area contributed by atoms with Crippen LogP contribution in [0.2, 0.25) is 0 Å². The zero-order valence-corrected chi connectivity index (χ0v) is 13.2. The van der Waals surface area contributed by atoms with Gasteiger partial charge in [0, 0.05) is 22.6 Å². The fraction of sp³-hybridized carbons (Fsp3) is 0.188. The first-order chi connectivity index (χ1) is 10.6. The average Bonchev–Trinajstić information content (AvgIpc) is 2.71. The Kier molecular flexibility index (Phi) is 4.29. The lowest BCUT2D eigenvalue weighted by molar-refractivity contribution is 0.102. The molecule has 0 atom stereocenters. The third-order valence-corrected chi connectivity index (χ3v) is 3.67. The zero-order valence-electron chi connectivity index (χ0n) is 11.6. The number of rotatable bonds is 2. The van der Waals surface area contributed by atoms with Crippen LogP contribution in [0.1, 0.15) is 16.8 Å². The van der Waals surface area contributed by atoms with E-state index in [0.29, 0.717) is 34.9 Å². The minimum atomic E-state index is -0.582. The van der Waals surface area contributed by atoms with E-state index in [-0.39, 0.29) is 5.56 Å². The van der Waals surface area contributed by atoms with Gasteiger partial charge in [0.2, 0.25) is 0 Å². The van der Waals surface area contributed by atoms with Gasteiger partial charge in [-0.2, -0.15) is 0 Å². The zero-order chi connectivity index (χ0) is 15.5. The predicted molar refractivity (Wildman–Crippen MR) is 84.1 cm³/mol. The van der Waals surface area contributed by atoms with E-state index >= 15 is 0 Å². The van der Waals surface area contributed by atoms with E-state index in [9.17, 15) is 9.18 Å². The van der Waals surface area contributed by atoms with Gasteiger partial charge < -0.3 is 14.8 Å². The standard InChI is InChI=1S/C16H13BrFNO3/c17-10-2-4-12(13(18)8-10)16(20)19-11-3-5-14-15(9-11)22-7-1-6-21-14/h2-5,8-9H,1,6-7H2,(H,19,20). The Morgan fingerprint density at radius 1 is 1.09 bits per heavy atom. The molecule has 2 aromatic rings. The van der Waals surface area contributed by atoms with E-state index in [1.165, 1.54) is 12.1 Å². The van der Waals surface area contributed by atoms with E-state index in [1.54, 1.807) is 24.3 Å². The fourth-order valence-electron chi connectivity index (χ4n) is 2.11. The molecule has 0 aromatic heterocycles. The summed E-state index contributed by atoms with van der Waals surface area (Å²) in [5, 5.41) is 2.66. The molecule has 0 saturated heterocycles. The van der Waals surface area contributed by atoms with Crippen molar-refractivity contribution in [2.45, 2.75) is 6.42 Å². The van der Waals surface area contributed by atoms with Crippen molar-refractivity contribution in [2.75, 3.05) is 18.5 Å². The van der Waals surface area contributed by atoms with Crippen LogP contribution in [-0.4, -0.2) is 19.1 Å². The van der Waals surface area contributed by atoms with Crippen LogP contribution in [0, 0.1) is 5.82 Å². The van der Waals surface area contributed by atoms with Gasteiger partial charge in [0.1, 0.15) is 5.82 Å². The van der Waals surface area contributed by atoms with E-state index in [1.807, 2.05) is 0 Å². The molecule has 6 heteroatoms. The topological polar surface area (TPSA) is 47.6 Å². The number of hydrogen-bond acceptors (Lipinski definition) is 3. The van der Waals surface area contributed by atoms with Crippen LogP contribution < -0.4 is 14.8 Å². The molecule has 2 aromatic carbocycles. The summed E-state index contributed by atoms with van der Waals surface area (Å²) in [5.41, 5.74) is 0.506. The number of amides is 1. The summed E-state index contributed by atoms with van der Waals surface area (Å²) in [6.45, 7) is 1.16. The van der Waals surface area contributed by atoms with Gasteiger partial charge in [-0.15, -0.1) is 0 Å². The normalized spacial score (nSPS) is 13.4. The lowest BCUT2D eigenvalue weighted by Gasteiger charge is -2.11. The third kappa shape index (κ3) is 3.22. The molecule has 3 rings (SSSR count). The molecule has 0 spiro atoms. The maximum Gasteiger partial charge on any atom is 0.258 e. The molecule has 1 N–H and O–H groups in total. The van der Waals surface area contributed by atoms with E-state index in [4.69, 9.17) is 9.47 Å². The molecule has 0 radical (unpaired) electrons. The minimum absolute atomic E-state index is 0.0182. The van der Waals surface area contributed by atoms with E-state index < -0.39 is 11.7 Å². The van der Waals surface area contributed by atoms with Gasteiger partial charge in [0.15, 0.2) is 11.5 Å². The van der Waals surface area contributed by atoms with Gasteiger partial charge in [0.25, 0.3) is 5.91 Å². The molecule has 4 nitrogen and oxygen atoms in total. The number of anilines is 1. The van der Waals surface area contributed by atoms with Gasteiger partial charge in [-0.05, 0) is 30.3 Å². The molecule has 0 bridgehead atoms. The molecule has 0 saturated carbocycles. The highest BCUT2D eigenvalue weighted by atomic mass is 79.9. The number of carbonyl (C=O) groups is 1. The van der Waals surface area contributed by atoms with Crippen LogP contribution in [0.15, 0.2) is 40.9 Å². The van der Waals surface area contributed by atoms with Crippen LogP contribution in [0.25, 0.3) is 0 Å². The minimum Gasteiger partial charge on any atom is -0.490 e. The predicted octanol–water partition coefficient (Wildman–Crippen LogP) is 4.00. The van der Waals surface area contributed by atoms with Crippen LogP contribution >= 0.6 is 15.9 Å². The molecule has 22 heavy (non-hydrogen) atoms. The van der Waals surface area contributed by atoms with Gasteiger partial charge in [-0.1, -0.05) is 15.9 Å². The van der Waals surface area contributed by atoms with Gasteiger partial charge in [-0.25, -0.2) is 4.39 Å². The van der Waals surface area contributed by atoms with Crippen molar-refractivity contribution in [3.63, 3.8) is 0 Å². The van der Waals surface area contributed by atoms with Crippen LogP contribution in [0.3, 0.4) is 0 Å². The second-order valence-electron chi connectivity index (χ2n) is 4.79. The molecular weight excluding hydrogens is 353 g/mol. The van der Waals surface area contributed by atoms with Crippen molar-refractivity contribution in [1.29, 1.82) is 0 Å². The number of fused-ring (bicyclic) bond motifs is 1. The number of benzene rings is 2. The number of halogens is 2. The highest BCUT2D eigenvalue weighted by Gasteiger charge is 2.15. The van der Waals surface area contributed by atoms with Crippen LogP contribution in [-0.2, 0) is 0 Å².